The average Bonchev–Trinajstić information content (AvgIpc) is 3.63. The predicted octanol–water partition coefficient (Wildman–Crippen LogP) is 3.27. The minimum Gasteiger partial charge on any atom is -0.756 e. The van der Waals surface area contributed by atoms with Crippen molar-refractivity contribution in [2.75, 3.05) is 6.61 Å². The molecule has 7 rings (SSSR count). The Morgan fingerprint density at radius 2 is 1.90 bits per heavy atom. The van der Waals surface area contributed by atoms with Crippen molar-refractivity contribution in [3.05, 3.63) is 76.7 Å². The largest absolute Gasteiger partial charge is 0.756 e. The summed E-state index contributed by atoms with van der Waals surface area (Å²) in [6, 6.07) is 14.8. The summed E-state index contributed by atoms with van der Waals surface area (Å²) in [5.41, 5.74) is 0.777. The van der Waals surface area contributed by atoms with Gasteiger partial charge in [0.1, 0.15) is 18.3 Å². The van der Waals surface area contributed by atoms with Gasteiger partial charge in [0.2, 0.25) is 5.78 Å². The molecule has 5 heterocycles. The van der Waals surface area contributed by atoms with Crippen molar-refractivity contribution in [3.8, 4) is 11.3 Å². The van der Waals surface area contributed by atoms with E-state index in [1.165, 1.54) is 33.2 Å². The molecule has 2 fully saturated rings. The van der Waals surface area contributed by atoms with Crippen molar-refractivity contribution in [2.45, 2.75) is 41.0 Å². The van der Waals surface area contributed by atoms with Gasteiger partial charge in [-0.25, -0.2) is 18.2 Å². The maximum absolute atomic E-state index is 13.6. The first kappa shape index (κ1) is 26.5. The first-order valence-electron chi connectivity index (χ1n) is 12.3. The molecule has 0 saturated carbocycles. The van der Waals surface area contributed by atoms with Gasteiger partial charge in [0.15, 0.2) is 22.5 Å². The number of ether oxygens (including phenoxy) is 1. The molecule has 2 N–H and O–H groups in total. The maximum Gasteiger partial charge on any atom is 0.287 e. The van der Waals surface area contributed by atoms with Gasteiger partial charge in [0, 0.05) is 16.7 Å². The van der Waals surface area contributed by atoms with Crippen LogP contribution in [0.3, 0.4) is 0 Å². The number of aromatic nitrogens is 5. The number of phosphoric ester groups is 1. The summed E-state index contributed by atoms with van der Waals surface area (Å²) in [6.45, 7) is -0.374. The lowest BCUT2D eigenvalue weighted by atomic mass is 10.1. The van der Waals surface area contributed by atoms with Crippen molar-refractivity contribution in [1.82, 2.24) is 23.9 Å². The second-order valence-electron chi connectivity index (χ2n) is 9.42. The van der Waals surface area contributed by atoms with Gasteiger partial charge in [-0.15, -0.1) is 0 Å². The van der Waals surface area contributed by atoms with Crippen LogP contribution in [-0.4, -0.2) is 53.9 Å². The molecular formula is C25H19F2N5O7PS-. The number of rotatable bonds is 5. The van der Waals surface area contributed by atoms with E-state index < -0.39 is 44.3 Å². The number of hydrogen-bond acceptors (Lipinski definition) is 10. The van der Waals surface area contributed by atoms with Crippen molar-refractivity contribution >= 4 is 36.5 Å². The summed E-state index contributed by atoms with van der Waals surface area (Å²) in [4.78, 5) is 38.3. The van der Waals surface area contributed by atoms with E-state index in [9.17, 15) is 28.1 Å². The van der Waals surface area contributed by atoms with Crippen LogP contribution < -0.4 is 10.5 Å². The molecule has 16 heteroatoms. The van der Waals surface area contributed by atoms with Gasteiger partial charge >= 0.3 is 0 Å². The number of H-pyrrole nitrogens is 1. The molecule has 5 aromatic rings. The third-order valence-electron chi connectivity index (χ3n) is 6.86. The van der Waals surface area contributed by atoms with Gasteiger partial charge < -0.3 is 28.8 Å². The van der Waals surface area contributed by atoms with E-state index >= 15 is 0 Å². The Morgan fingerprint density at radius 3 is 2.63 bits per heavy atom. The zero-order valence-corrected chi connectivity index (χ0v) is 22.4. The molecule has 2 aliphatic heterocycles. The zero-order chi connectivity index (χ0) is 28.5. The van der Waals surface area contributed by atoms with Gasteiger partial charge in [-0.1, -0.05) is 54.2 Å². The van der Waals surface area contributed by atoms with Crippen LogP contribution in [0, 0.1) is 0 Å². The Kier molecular flexibility index (Phi) is 6.35. The van der Waals surface area contributed by atoms with Crippen LogP contribution in [0.1, 0.15) is 18.2 Å². The number of nitrogens with zero attached hydrogens (tertiary/aromatic N) is 4. The molecule has 0 radical (unpaired) electrons. The fraction of sp³-hybridized carbons (Fsp3) is 0.240. The third-order valence-corrected chi connectivity index (χ3v) is 8.80. The summed E-state index contributed by atoms with van der Waals surface area (Å²) in [5.74, 6) is 0.189. The van der Waals surface area contributed by atoms with Gasteiger partial charge in [0.25, 0.3) is 19.8 Å². The van der Waals surface area contributed by atoms with Crippen LogP contribution in [-0.2, 0) is 18.3 Å². The van der Waals surface area contributed by atoms with Crippen molar-refractivity contribution in [1.29, 1.82) is 0 Å². The number of halogens is 2. The highest BCUT2D eigenvalue weighted by Gasteiger charge is 2.51. The molecule has 2 aliphatic rings. The predicted molar refractivity (Wildman–Crippen MR) is 138 cm³/mol. The molecule has 12 nitrogen and oxygen atoms in total. The van der Waals surface area contributed by atoms with Crippen LogP contribution in [0.2, 0.25) is 0 Å². The smallest absolute Gasteiger partial charge is 0.287 e. The second-order valence-corrected chi connectivity index (χ2v) is 11.8. The van der Waals surface area contributed by atoms with E-state index in [1.807, 2.05) is 30.3 Å². The Balaban J connectivity index is 1.37. The summed E-state index contributed by atoms with van der Waals surface area (Å²) >= 11 is 1.03. The van der Waals surface area contributed by atoms with Crippen LogP contribution in [0.4, 0.5) is 8.78 Å². The minimum atomic E-state index is -4.65. The normalized spacial score (nSPS) is 26.3. The summed E-state index contributed by atoms with van der Waals surface area (Å²) in [5, 5.41) is 11.3. The number of aliphatic hydroxyl groups excluding tert-OH is 1. The number of aliphatic hydroxyl groups is 1. The lowest BCUT2D eigenvalue weighted by molar-refractivity contribution is -0.245. The van der Waals surface area contributed by atoms with E-state index in [2.05, 4.69) is 15.0 Å². The standard InChI is InChI=1S/C25H20F2N5O7PS/c26-20(27)13-6-8-14(9-7-13)41-25-29-17-21(32(25)23-18(33)19-16(38-23)11-37-40(35,36)39-19)30-24-28-15(10-31(24)22(17)34)12-4-2-1-3-5-12/h1-10,16,18-20,23,33H,11H2,(H,28,30)(H,35,36)/p-1/t16?,18?,19-,23-/m1/s1. The van der Waals surface area contributed by atoms with E-state index in [1.54, 1.807) is 6.20 Å². The molecule has 3 aromatic heterocycles. The quantitative estimate of drug-likeness (QED) is 0.286. The van der Waals surface area contributed by atoms with Crippen LogP contribution in [0.5, 0.6) is 0 Å². The highest BCUT2D eigenvalue weighted by molar-refractivity contribution is 7.99. The van der Waals surface area contributed by atoms with Crippen LogP contribution in [0.25, 0.3) is 28.2 Å². The number of hydrogen-bond donors (Lipinski definition) is 2. The van der Waals surface area contributed by atoms with Gasteiger partial charge in [-0.2, -0.15) is 4.98 Å². The first-order chi connectivity index (χ1) is 19.7. The molecular weight excluding hydrogens is 583 g/mol. The molecule has 0 bridgehead atoms. The molecule has 0 aliphatic carbocycles. The number of imidazole rings is 2. The number of phosphoric acid groups is 1. The Morgan fingerprint density at radius 1 is 1.15 bits per heavy atom. The summed E-state index contributed by atoms with van der Waals surface area (Å²) in [7, 11) is -4.65. The van der Waals surface area contributed by atoms with Crippen molar-refractivity contribution < 1.29 is 37.1 Å². The van der Waals surface area contributed by atoms with E-state index in [0.29, 0.717) is 10.6 Å². The maximum atomic E-state index is 13.6. The third kappa shape index (κ3) is 4.59. The van der Waals surface area contributed by atoms with Crippen molar-refractivity contribution in [2.24, 2.45) is 0 Å². The second kappa shape index (κ2) is 9.84. The summed E-state index contributed by atoms with van der Waals surface area (Å²) in [6.07, 6.45) is -6.02. The zero-order valence-electron chi connectivity index (χ0n) is 20.7. The number of alkyl halides is 2. The lowest BCUT2D eigenvalue weighted by Gasteiger charge is -2.34. The highest BCUT2D eigenvalue weighted by Crippen LogP contribution is 2.50. The van der Waals surface area contributed by atoms with Crippen molar-refractivity contribution in [3.63, 3.8) is 0 Å². The molecule has 5 atom stereocenters. The first-order valence-corrected chi connectivity index (χ1v) is 14.6. The Hall–Kier alpha value is -3.43. The van der Waals surface area contributed by atoms with Crippen LogP contribution in [0.15, 0.2) is 75.6 Å². The molecule has 0 spiro atoms. The SMILES string of the molecule is O=c1c2nc(Sc3ccc(C(F)F)cc3)n([C@@H]3OC4COP(=O)([O-])O[C@H]4C3O)c2nc2[nH]c(-c3ccccc3)cn12. The molecule has 0 amide bonds. The number of aromatic amines is 1. The monoisotopic (exact) mass is 602 g/mol. The lowest BCUT2D eigenvalue weighted by Crippen LogP contribution is -2.41. The minimum absolute atomic E-state index is 0.0508. The fourth-order valence-corrected chi connectivity index (χ4v) is 6.76. The average molecular weight is 602 g/mol. The topological polar surface area (TPSA) is 156 Å². The van der Waals surface area contributed by atoms with E-state index in [-0.39, 0.29) is 34.3 Å². The molecule has 2 saturated heterocycles. The van der Waals surface area contributed by atoms with Gasteiger partial charge in [-0.3, -0.25) is 13.9 Å². The van der Waals surface area contributed by atoms with E-state index in [0.717, 1.165) is 17.3 Å². The Bertz CT molecular complexity index is 1880. The van der Waals surface area contributed by atoms with Crippen LogP contribution >= 0.6 is 19.6 Å². The molecule has 3 unspecified atom stereocenters. The molecule has 2 aromatic carbocycles. The molecule has 41 heavy (non-hydrogen) atoms. The molecule has 212 valence electrons. The number of fused-ring (bicyclic) bond motifs is 3. The van der Waals surface area contributed by atoms with Gasteiger partial charge in [0.05, 0.1) is 12.3 Å². The Labute approximate surface area is 233 Å². The number of benzene rings is 2. The summed E-state index contributed by atoms with van der Waals surface area (Å²) < 4.78 is 56.5. The van der Waals surface area contributed by atoms with Gasteiger partial charge in [-0.05, 0) is 17.7 Å². The van der Waals surface area contributed by atoms with E-state index in [4.69, 9.17) is 13.8 Å². The number of nitrogens with one attached hydrogen (secondary N) is 1. The highest BCUT2D eigenvalue weighted by atomic mass is 32.2. The fourth-order valence-electron chi connectivity index (χ4n) is 4.90.